The first-order valence-corrected chi connectivity index (χ1v) is 12.7. The third-order valence-corrected chi connectivity index (χ3v) is 9.19. The number of hydrogen-bond donors (Lipinski definition) is 1. The van der Waals surface area contributed by atoms with Crippen LogP contribution in [-0.2, 0) is 5.41 Å². The highest BCUT2D eigenvalue weighted by atomic mass is 16.5. The minimum atomic E-state index is -0.412. The van der Waals surface area contributed by atoms with Gasteiger partial charge in [0.25, 0.3) is 0 Å². The van der Waals surface area contributed by atoms with Crippen molar-refractivity contribution in [3.8, 4) is 5.75 Å². The van der Waals surface area contributed by atoms with E-state index in [2.05, 4.69) is 38.4 Å². The van der Waals surface area contributed by atoms with Crippen molar-refractivity contribution in [2.45, 2.75) is 88.2 Å². The van der Waals surface area contributed by atoms with E-state index in [1.54, 1.807) is 5.56 Å². The summed E-state index contributed by atoms with van der Waals surface area (Å²) in [5.74, 6) is 3.85. The summed E-state index contributed by atoms with van der Waals surface area (Å²) in [6.45, 7) is 1.17. The quantitative estimate of drug-likeness (QED) is 0.616. The SMILES string of the molecule is C[N+](C)(C[C@H](O)COc1ccc(C23CC4CC(CC(C4)C2)C3)cc1)C1CCCCC1. The van der Waals surface area contributed by atoms with Crippen LogP contribution in [0.1, 0.15) is 76.2 Å². The number of quaternary nitrogens is 1. The van der Waals surface area contributed by atoms with E-state index in [-0.39, 0.29) is 0 Å². The predicted molar refractivity (Wildman–Crippen MR) is 122 cm³/mol. The lowest BCUT2D eigenvalue weighted by Crippen LogP contribution is -2.54. The van der Waals surface area contributed by atoms with Gasteiger partial charge in [-0.2, -0.15) is 0 Å². The molecule has 1 atom stereocenters. The Morgan fingerprint density at radius 3 is 2.07 bits per heavy atom. The minimum absolute atomic E-state index is 0.394. The van der Waals surface area contributed by atoms with Crippen molar-refractivity contribution in [1.29, 1.82) is 0 Å². The van der Waals surface area contributed by atoms with Gasteiger partial charge in [-0.05, 0) is 105 Å². The van der Waals surface area contributed by atoms with Gasteiger partial charge in [-0.3, -0.25) is 0 Å². The molecule has 1 aromatic carbocycles. The van der Waals surface area contributed by atoms with Gasteiger partial charge in [-0.25, -0.2) is 0 Å². The summed E-state index contributed by atoms with van der Waals surface area (Å²) in [5.41, 5.74) is 2.00. The van der Waals surface area contributed by atoms with Crippen LogP contribution in [0.5, 0.6) is 5.75 Å². The summed E-state index contributed by atoms with van der Waals surface area (Å²) in [4.78, 5) is 0. The molecular weight excluding hydrogens is 370 g/mol. The predicted octanol–water partition coefficient (Wildman–Crippen LogP) is 5.30. The van der Waals surface area contributed by atoms with Crippen molar-refractivity contribution < 1.29 is 14.3 Å². The van der Waals surface area contributed by atoms with Gasteiger partial charge in [0.2, 0.25) is 0 Å². The molecule has 0 amide bonds. The fourth-order valence-corrected chi connectivity index (χ4v) is 8.09. The Bertz CT molecular complexity index is 684. The lowest BCUT2D eigenvalue weighted by molar-refractivity contribution is -0.919. The number of rotatable bonds is 7. The summed E-state index contributed by atoms with van der Waals surface area (Å²) in [6, 6.07) is 9.66. The zero-order valence-electron chi connectivity index (χ0n) is 19.2. The zero-order valence-corrected chi connectivity index (χ0v) is 19.2. The summed E-state index contributed by atoms with van der Waals surface area (Å²) >= 11 is 0. The molecule has 3 nitrogen and oxygen atoms in total. The Labute approximate surface area is 183 Å². The molecule has 1 N–H and O–H groups in total. The van der Waals surface area contributed by atoms with E-state index in [4.69, 9.17) is 4.74 Å². The van der Waals surface area contributed by atoms with Crippen molar-refractivity contribution in [3.05, 3.63) is 29.8 Å². The van der Waals surface area contributed by atoms with Crippen LogP contribution in [0.2, 0.25) is 0 Å². The van der Waals surface area contributed by atoms with Crippen molar-refractivity contribution >= 4 is 0 Å². The number of aliphatic hydroxyl groups is 1. The molecule has 5 aliphatic carbocycles. The Kier molecular flexibility index (Phi) is 5.64. The van der Waals surface area contributed by atoms with E-state index in [1.165, 1.54) is 70.6 Å². The number of ether oxygens (including phenoxy) is 1. The maximum absolute atomic E-state index is 10.6. The van der Waals surface area contributed by atoms with Crippen molar-refractivity contribution in [2.24, 2.45) is 17.8 Å². The average Bonchev–Trinajstić information content (AvgIpc) is 2.72. The van der Waals surface area contributed by atoms with Gasteiger partial charge >= 0.3 is 0 Å². The summed E-state index contributed by atoms with van der Waals surface area (Å²) in [5, 5.41) is 10.6. The number of aliphatic hydroxyl groups excluding tert-OH is 1. The van der Waals surface area contributed by atoms with Crippen molar-refractivity contribution in [1.82, 2.24) is 0 Å². The first kappa shape index (κ1) is 20.8. The summed E-state index contributed by atoms with van der Waals surface area (Å²) in [6.07, 6.45) is 15.0. The highest BCUT2D eigenvalue weighted by molar-refractivity contribution is 5.34. The molecule has 3 heteroatoms. The lowest BCUT2D eigenvalue weighted by Gasteiger charge is -2.57. The molecule has 5 aliphatic rings. The minimum Gasteiger partial charge on any atom is -0.491 e. The van der Waals surface area contributed by atoms with Crippen molar-refractivity contribution in [2.75, 3.05) is 27.2 Å². The fraction of sp³-hybridized carbons (Fsp3) is 0.778. The van der Waals surface area contributed by atoms with Crippen molar-refractivity contribution in [3.63, 3.8) is 0 Å². The molecule has 0 radical (unpaired) electrons. The molecule has 0 heterocycles. The monoisotopic (exact) mass is 412 g/mol. The highest BCUT2D eigenvalue weighted by Crippen LogP contribution is 2.60. The molecule has 0 spiro atoms. The second-order valence-electron chi connectivity index (χ2n) is 11.9. The molecule has 5 saturated carbocycles. The Morgan fingerprint density at radius 2 is 1.50 bits per heavy atom. The van der Waals surface area contributed by atoms with Gasteiger partial charge in [0, 0.05) is 0 Å². The second kappa shape index (κ2) is 8.13. The molecule has 0 unspecified atom stereocenters. The number of benzene rings is 1. The summed E-state index contributed by atoms with van der Waals surface area (Å²) in [7, 11) is 4.55. The molecule has 6 rings (SSSR count). The van der Waals surface area contributed by atoms with Gasteiger partial charge in [0.15, 0.2) is 0 Å². The van der Waals surface area contributed by atoms with Crippen LogP contribution in [-0.4, -0.2) is 49.0 Å². The van der Waals surface area contributed by atoms with Crippen LogP contribution in [0, 0.1) is 17.8 Å². The zero-order chi connectivity index (χ0) is 20.8. The number of hydrogen-bond acceptors (Lipinski definition) is 2. The van der Waals surface area contributed by atoms with Gasteiger partial charge in [0.05, 0.1) is 20.1 Å². The van der Waals surface area contributed by atoms with Crippen LogP contribution in [0.25, 0.3) is 0 Å². The Hall–Kier alpha value is -1.06. The smallest absolute Gasteiger partial charge is 0.137 e. The maximum atomic E-state index is 10.6. The maximum Gasteiger partial charge on any atom is 0.137 e. The van der Waals surface area contributed by atoms with Crippen LogP contribution in [0.15, 0.2) is 24.3 Å². The topological polar surface area (TPSA) is 29.5 Å². The van der Waals surface area contributed by atoms with Crippen LogP contribution >= 0.6 is 0 Å². The van der Waals surface area contributed by atoms with Gasteiger partial charge < -0.3 is 14.3 Å². The molecule has 0 aliphatic heterocycles. The van der Waals surface area contributed by atoms with Crippen LogP contribution < -0.4 is 4.74 Å². The number of nitrogens with zero attached hydrogens (tertiary/aromatic N) is 1. The van der Waals surface area contributed by atoms with Gasteiger partial charge in [-0.1, -0.05) is 18.6 Å². The second-order valence-corrected chi connectivity index (χ2v) is 11.9. The molecule has 166 valence electrons. The number of likely N-dealkylation sites (N-methyl/N-ethyl adjacent to an activating group) is 1. The first-order chi connectivity index (χ1) is 14.4. The normalized spacial score (nSPS) is 34.8. The fourth-order valence-electron chi connectivity index (χ4n) is 8.09. The van der Waals surface area contributed by atoms with Gasteiger partial charge in [0.1, 0.15) is 25.0 Å². The van der Waals surface area contributed by atoms with E-state index in [9.17, 15) is 5.11 Å². The van der Waals surface area contributed by atoms with Gasteiger partial charge in [-0.15, -0.1) is 0 Å². The first-order valence-electron chi connectivity index (χ1n) is 12.7. The molecule has 0 saturated heterocycles. The van der Waals surface area contributed by atoms with E-state index < -0.39 is 6.10 Å². The molecule has 1 aromatic rings. The molecule has 30 heavy (non-hydrogen) atoms. The average molecular weight is 413 g/mol. The molecule has 0 aromatic heterocycles. The van der Waals surface area contributed by atoms with E-state index in [0.29, 0.717) is 18.1 Å². The Morgan fingerprint density at radius 1 is 0.933 bits per heavy atom. The largest absolute Gasteiger partial charge is 0.491 e. The highest BCUT2D eigenvalue weighted by Gasteiger charge is 2.51. The van der Waals surface area contributed by atoms with Crippen LogP contribution in [0.3, 0.4) is 0 Å². The molecule has 4 bridgehead atoms. The molecule has 5 fully saturated rings. The molecular formula is C27H42NO2+. The third kappa shape index (κ3) is 4.17. The van der Waals surface area contributed by atoms with E-state index >= 15 is 0 Å². The van der Waals surface area contributed by atoms with E-state index in [1.807, 2.05) is 0 Å². The third-order valence-electron chi connectivity index (χ3n) is 9.19. The van der Waals surface area contributed by atoms with Crippen LogP contribution in [0.4, 0.5) is 0 Å². The lowest BCUT2D eigenvalue weighted by atomic mass is 9.48. The standard InChI is InChI=1S/C27H42NO2/c1-28(2,24-6-4-3-5-7-24)18-25(29)19-30-26-10-8-23(9-11-26)27-15-20-12-21(16-27)14-22(13-20)17-27/h8-11,20-22,24-25,29H,3-7,12-19H2,1-2H3/q+1/t20?,21?,22?,25-,27?/m0/s1. The Balaban J connectivity index is 1.16. The summed E-state index contributed by atoms with van der Waals surface area (Å²) < 4.78 is 6.93. The van der Waals surface area contributed by atoms with E-state index in [0.717, 1.165) is 34.5 Å².